The van der Waals surface area contributed by atoms with Gasteiger partial charge in [0.15, 0.2) is 0 Å². The van der Waals surface area contributed by atoms with Crippen LogP contribution in [-0.2, 0) is 9.59 Å². The van der Waals surface area contributed by atoms with Gasteiger partial charge >= 0.3 is 0 Å². The summed E-state index contributed by atoms with van der Waals surface area (Å²) in [6.45, 7) is 7.29. The lowest BCUT2D eigenvalue weighted by Gasteiger charge is -2.35. The van der Waals surface area contributed by atoms with Crippen LogP contribution in [0.25, 0.3) is 0 Å². The summed E-state index contributed by atoms with van der Waals surface area (Å²) in [6.07, 6.45) is 1.70. The van der Waals surface area contributed by atoms with Crippen molar-refractivity contribution >= 4 is 29.3 Å². The Hall–Kier alpha value is -2.08. The number of nitrogens with one attached hydrogen (secondary N) is 2. The van der Waals surface area contributed by atoms with Gasteiger partial charge < -0.3 is 15.5 Å². The first-order chi connectivity index (χ1) is 12.8. The molecule has 1 atom stereocenters. The van der Waals surface area contributed by atoms with Crippen LogP contribution in [0, 0.1) is 11.8 Å². The molecule has 27 heavy (non-hydrogen) atoms. The van der Waals surface area contributed by atoms with Gasteiger partial charge in [-0.25, -0.2) is 0 Å². The normalized spacial score (nSPS) is 16.1. The van der Waals surface area contributed by atoms with Crippen molar-refractivity contribution in [2.75, 3.05) is 19.6 Å². The number of nitrogens with zero attached hydrogens (tertiary/aromatic N) is 1. The van der Waals surface area contributed by atoms with Gasteiger partial charge in [0.05, 0.1) is 0 Å². The Bertz CT molecular complexity index is 668. The molecule has 1 aliphatic heterocycles. The standard InChI is InChI=1S/C20H28ClN3O3/c1-13(2)18(23-19(26)16-4-6-17(21)7-5-16)20(27)24-10-8-15(9-11-24)12-22-14(3)25/h4-7,13,15,18H,8-12H2,1-3H3,(H,22,25)(H,23,26). The number of halogens is 1. The van der Waals surface area contributed by atoms with Gasteiger partial charge in [-0.1, -0.05) is 25.4 Å². The van der Waals surface area contributed by atoms with Crippen molar-refractivity contribution in [2.45, 2.75) is 39.7 Å². The second kappa shape index (κ2) is 9.74. The van der Waals surface area contributed by atoms with Gasteiger partial charge in [0.2, 0.25) is 11.8 Å². The Kier molecular flexibility index (Phi) is 7.66. The quantitative estimate of drug-likeness (QED) is 0.779. The number of hydrogen-bond donors (Lipinski definition) is 2. The molecule has 1 aromatic carbocycles. The minimum absolute atomic E-state index is 0.0224. The highest BCUT2D eigenvalue weighted by Crippen LogP contribution is 2.19. The van der Waals surface area contributed by atoms with Crippen LogP contribution in [-0.4, -0.2) is 48.3 Å². The molecule has 6 nitrogen and oxygen atoms in total. The zero-order valence-corrected chi connectivity index (χ0v) is 16.9. The molecule has 0 spiro atoms. The summed E-state index contributed by atoms with van der Waals surface area (Å²) in [7, 11) is 0. The third-order valence-electron chi connectivity index (χ3n) is 4.89. The lowest BCUT2D eigenvalue weighted by atomic mass is 9.94. The minimum atomic E-state index is -0.569. The first-order valence-corrected chi connectivity index (χ1v) is 9.75. The Labute approximate surface area is 165 Å². The number of carbonyl (C=O) groups is 3. The van der Waals surface area contributed by atoms with E-state index in [1.807, 2.05) is 18.7 Å². The minimum Gasteiger partial charge on any atom is -0.356 e. The molecule has 1 unspecified atom stereocenters. The Morgan fingerprint density at radius 2 is 1.74 bits per heavy atom. The Morgan fingerprint density at radius 1 is 1.15 bits per heavy atom. The third-order valence-corrected chi connectivity index (χ3v) is 5.14. The molecule has 2 N–H and O–H groups in total. The van der Waals surface area contributed by atoms with Crippen molar-refractivity contribution in [3.8, 4) is 0 Å². The van der Waals surface area contributed by atoms with Crippen molar-refractivity contribution in [2.24, 2.45) is 11.8 Å². The van der Waals surface area contributed by atoms with Crippen LogP contribution in [0.1, 0.15) is 44.0 Å². The molecule has 1 heterocycles. The lowest BCUT2D eigenvalue weighted by molar-refractivity contribution is -0.135. The topological polar surface area (TPSA) is 78.5 Å². The molecule has 1 aromatic rings. The fraction of sp³-hybridized carbons (Fsp3) is 0.550. The molecule has 2 rings (SSSR count). The van der Waals surface area contributed by atoms with E-state index in [0.717, 1.165) is 12.8 Å². The van der Waals surface area contributed by atoms with Crippen molar-refractivity contribution in [1.82, 2.24) is 15.5 Å². The molecular formula is C20H28ClN3O3. The van der Waals surface area contributed by atoms with E-state index < -0.39 is 6.04 Å². The fourth-order valence-corrected chi connectivity index (χ4v) is 3.31. The number of rotatable bonds is 6. The summed E-state index contributed by atoms with van der Waals surface area (Å²) in [5, 5.41) is 6.27. The summed E-state index contributed by atoms with van der Waals surface area (Å²) in [4.78, 5) is 38.3. The third kappa shape index (κ3) is 6.24. The average molecular weight is 394 g/mol. The maximum absolute atomic E-state index is 13.0. The van der Waals surface area contributed by atoms with Gasteiger partial charge in [-0.05, 0) is 48.9 Å². The monoisotopic (exact) mass is 393 g/mol. The number of likely N-dealkylation sites (tertiary alicyclic amines) is 1. The summed E-state index contributed by atoms with van der Waals surface area (Å²) in [5.74, 6) is 0.00722. The van der Waals surface area contributed by atoms with Crippen LogP contribution >= 0.6 is 11.6 Å². The number of amides is 3. The largest absolute Gasteiger partial charge is 0.356 e. The molecular weight excluding hydrogens is 366 g/mol. The molecule has 1 saturated heterocycles. The molecule has 0 aromatic heterocycles. The molecule has 0 aliphatic carbocycles. The Morgan fingerprint density at radius 3 is 2.26 bits per heavy atom. The van der Waals surface area contributed by atoms with E-state index in [9.17, 15) is 14.4 Å². The Balaban J connectivity index is 1.94. The van der Waals surface area contributed by atoms with E-state index in [0.29, 0.717) is 36.1 Å². The number of piperidine rings is 1. The fourth-order valence-electron chi connectivity index (χ4n) is 3.18. The molecule has 0 saturated carbocycles. The highest BCUT2D eigenvalue weighted by molar-refractivity contribution is 6.30. The van der Waals surface area contributed by atoms with E-state index in [4.69, 9.17) is 11.6 Å². The average Bonchev–Trinajstić information content (AvgIpc) is 2.64. The molecule has 0 bridgehead atoms. The summed E-state index contributed by atoms with van der Waals surface area (Å²) in [5.41, 5.74) is 0.479. The van der Waals surface area contributed by atoms with Crippen molar-refractivity contribution in [3.63, 3.8) is 0 Å². The SMILES string of the molecule is CC(=O)NCC1CCN(C(=O)C(NC(=O)c2ccc(Cl)cc2)C(C)C)CC1. The van der Waals surface area contributed by atoms with E-state index in [1.54, 1.807) is 24.3 Å². The predicted molar refractivity (Wildman–Crippen MR) is 106 cm³/mol. The van der Waals surface area contributed by atoms with E-state index in [1.165, 1.54) is 6.92 Å². The van der Waals surface area contributed by atoms with E-state index in [-0.39, 0.29) is 23.6 Å². The van der Waals surface area contributed by atoms with Gasteiger partial charge in [-0.15, -0.1) is 0 Å². The maximum atomic E-state index is 13.0. The zero-order chi connectivity index (χ0) is 20.0. The van der Waals surface area contributed by atoms with Crippen molar-refractivity contribution in [3.05, 3.63) is 34.9 Å². The van der Waals surface area contributed by atoms with Gasteiger partial charge in [0.25, 0.3) is 5.91 Å². The maximum Gasteiger partial charge on any atom is 0.251 e. The lowest BCUT2D eigenvalue weighted by Crippen LogP contribution is -2.53. The van der Waals surface area contributed by atoms with Gasteiger partial charge in [0, 0.05) is 37.1 Å². The van der Waals surface area contributed by atoms with E-state index >= 15 is 0 Å². The van der Waals surface area contributed by atoms with Crippen LogP contribution in [0.15, 0.2) is 24.3 Å². The highest BCUT2D eigenvalue weighted by Gasteiger charge is 2.31. The molecule has 7 heteroatoms. The number of hydrogen-bond acceptors (Lipinski definition) is 3. The molecule has 3 amide bonds. The van der Waals surface area contributed by atoms with Crippen molar-refractivity contribution in [1.29, 1.82) is 0 Å². The zero-order valence-electron chi connectivity index (χ0n) is 16.1. The van der Waals surface area contributed by atoms with Crippen LogP contribution < -0.4 is 10.6 Å². The molecule has 0 radical (unpaired) electrons. The summed E-state index contributed by atoms with van der Waals surface area (Å²) < 4.78 is 0. The van der Waals surface area contributed by atoms with Crippen LogP contribution in [0.4, 0.5) is 0 Å². The molecule has 1 fully saturated rings. The van der Waals surface area contributed by atoms with Gasteiger partial charge in [-0.3, -0.25) is 14.4 Å². The van der Waals surface area contributed by atoms with Crippen molar-refractivity contribution < 1.29 is 14.4 Å². The second-order valence-corrected chi connectivity index (χ2v) is 7.84. The summed E-state index contributed by atoms with van der Waals surface area (Å²) >= 11 is 5.86. The second-order valence-electron chi connectivity index (χ2n) is 7.41. The van der Waals surface area contributed by atoms with Gasteiger partial charge in [0.1, 0.15) is 6.04 Å². The predicted octanol–water partition coefficient (Wildman–Crippen LogP) is 2.47. The van der Waals surface area contributed by atoms with Crippen LogP contribution in [0.5, 0.6) is 0 Å². The van der Waals surface area contributed by atoms with Gasteiger partial charge in [-0.2, -0.15) is 0 Å². The molecule has 1 aliphatic rings. The number of benzene rings is 1. The highest BCUT2D eigenvalue weighted by atomic mass is 35.5. The van der Waals surface area contributed by atoms with Crippen LogP contribution in [0.3, 0.4) is 0 Å². The van der Waals surface area contributed by atoms with E-state index in [2.05, 4.69) is 10.6 Å². The molecule has 148 valence electrons. The van der Waals surface area contributed by atoms with Crippen LogP contribution in [0.2, 0.25) is 5.02 Å². The smallest absolute Gasteiger partial charge is 0.251 e. The number of carbonyl (C=O) groups excluding carboxylic acids is 3. The first-order valence-electron chi connectivity index (χ1n) is 9.37. The summed E-state index contributed by atoms with van der Waals surface area (Å²) in [6, 6.07) is 6.03. The first kappa shape index (κ1) is 21.2.